The molecule has 0 radical (unpaired) electrons. The van der Waals surface area contributed by atoms with E-state index in [-0.39, 0.29) is 16.7 Å². The molecule has 2 heterocycles. The van der Waals surface area contributed by atoms with Gasteiger partial charge in [-0.1, -0.05) is 0 Å². The van der Waals surface area contributed by atoms with Gasteiger partial charge in [0.1, 0.15) is 11.1 Å². The molecule has 0 saturated heterocycles. The molecular weight excluding hydrogens is 200 g/mol. The van der Waals surface area contributed by atoms with Gasteiger partial charge in [-0.05, 0) is 6.92 Å². The molecule has 1 amide bonds. The van der Waals surface area contributed by atoms with Gasteiger partial charge in [0, 0.05) is 0 Å². The lowest BCUT2D eigenvalue weighted by atomic mass is 10.2. The topological polar surface area (TPSA) is 114 Å². The van der Waals surface area contributed by atoms with Crippen LogP contribution in [0.25, 0.3) is 11.1 Å². The van der Waals surface area contributed by atoms with Crippen molar-refractivity contribution in [2.24, 2.45) is 5.84 Å². The average Bonchev–Trinajstić information content (AvgIpc) is 2.55. The summed E-state index contributed by atoms with van der Waals surface area (Å²) in [4.78, 5) is 29.0. The zero-order chi connectivity index (χ0) is 11.0. The summed E-state index contributed by atoms with van der Waals surface area (Å²) in [5, 5.41) is 0.109. The number of fused-ring (bicyclic) bond motifs is 1. The van der Waals surface area contributed by atoms with E-state index >= 15 is 0 Å². The summed E-state index contributed by atoms with van der Waals surface area (Å²) < 4.78 is 5.16. The molecule has 0 unspecified atom stereocenters. The number of nitrogens with two attached hydrogens (primary N) is 1. The number of carbonyl (C=O) groups excluding carboxylic acids is 1. The van der Waals surface area contributed by atoms with E-state index in [2.05, 4.69) is 9.97 Å². The van der Waals surface area contributed by atoms with Crippen molar-refractivity contribution in [1.82, 2.24) is 15.4 Å². The van der Waals surface area contributed by atoms with Gasteiger partial charge in [0.15, 0.2) is 0 Å². The van der Waals surface area contributed by atoms with Crippen molar-refractivity contribution in [3.63, 3.8) is 0 Å². The number of hydrogen-bond acceptors (Lipinski definition) is 5. The Morgan fingerprint density at radius 3 is 3.07 bits per heavy atom. The van der Waals surface area contributed by atoms with Crippen LogP contribution in [0, 0.1) is 6.92 Å². The molecule has 7 heteroatoms. The highest BCUT2D eigenvalue weighted by Gasteiger charge is 2.20. The lowest BCUT2D eigenvalue weighted by Crippen LogP contribution is -2.31. The monoisotopic (exact) mass is 208 g/mol. The van der Waals surface area contributed by atoms with E-state index in [1.165, 1.54) is 6.33 Å². The molecule has 0 saturated carbocycles. The van der Waals surface area contributed by atoms with Gasteiger partial charge < -0.3 is 9.40 Å². The van der Waals surface area contributed by atoms with E-state index in [1.54, 1.807) is 6.92 Å². The standard InChI is InChI=1S/C8H8N4O3/c1-3-4(7(14)12-9)5-6(13)10-2-11-8(5)15-3/h2H,9H2,1H3,(H,12,14)(H,10,11,13). The molecule has 78 valence electrons. The van der Waals surface area contributed by atoms with Crippen LogP contribution < -0.4 is 16.8 Å². The molecule has 0 spiro atoms. The van der Waals surface area contributed by atoms with E-state index in [1.807, 2.05) is 5.43 Å². The number of carbonyl (C=O) groups is 1. The minimum Gasteiger partial charge on any atom is -0.442 e. The van der Waals surface area contributed by atoms with Gasteiger partial charge in [-0.15, -0.1) is 0 Å². The largest absolute Gasteiger partial charge is 0.442 e. The molecule has 4 N–H and O–H groups in total. The number of nitrogens with one attached hydrogen (secondary N) is 2. The van der Waals surface area contributed by atoms with Crippen molar-refractivity contribution in [1.29, 1.82) is 0 Å². The highest BCUT2D eigenvalue weighted by molar-refractivity contribution is 6.05. The highest BCUT2D eigenvalue weighted by Crippen LogP contribution is 2.19. The Labute approximate surface area is 83.3 Å². The Morgan fingerprint density at radius 2 is 2.40 bits per heavy atom. The number of aromatic nitrogens is 2. The van der Waals surface area contributed by atoms with E-state index in [4.69, 9.17) is 10.3 Å². The van der Waals surface area contributed by atoms with Gasteiger partial charge in [-0.2, -0.15) is 0 Å². The van der Waals surface area contributed by atoms with Crippen LogP contribution in [0.4, 0.5) is 0 Å². The number of aryl methyl sites for hydroxylation is 1. The average molecular weight is 208 g/mol. The predicted octanol–water partition coefficient (Wildman–Crippen LogP) is -0.572. The summed E-state index contributed by atoms with van der Waals surface area (Å²) in [6.45, 7) is 1.56. The Hall–Kier alpha value is -2.15. The van der Waals surface area contributed by atoms with Crippen molar-refractivity contribution >= 4 is 17.0 Å². The summed E-state index contributed by atoms with van der Waals surface area (Å²) in [6.07, 6.45) is 1.21. The number of amides is 1. The molecule has 0 aliphatic carbocycles. The SMILES string of the molecule is Cc1oc2nc[nH]c(=O)c2c1C(=O)NN. The highest BCUT2D eigenvalue weighted by atomic mass is 16.3. The van der Waals surface area contributed by atoms with Gasteiger partial charge in [0.05, 0.1) is 11.9 Å². The number of nitrogens with zero attached hydrogens (tertiary/aromatic N) is 1. The second kappa shape index (κ2) is 3.21. The molecule has 15 heavy (non-hydrogen) atoms. The smallest absolute Gasteiger partial charge is 0.269 e. The molecule has 0 aliphatic heterocycles. The normalized spacial score (nSPS) is 10.5. The van der Waals surface area contributed by atoms with Crippen molar-refractivity contribution in [2.75, 3.05) is 0 Å². The first kappa shape index (κ1) is 9.41. The third-order valence-corrected chi connectivity index (χ3v) is 2.03. The first-order chi connectivity index (χ1) is 7.15. The molecule has 2 aromatic rings. The quantitative estimate of drug-likeness (QED) is 0.330. The fourth-order valence-electron chi connectivity index (χ4n) is 1.40. The third kappa shape index (κ3) is 1.29. The molecule has 0 atom stereocenters. The maximum absolute atomic E-state index is 11.5. The van der Waals surface area contributed by atoms with Crippen LogP contribution in [0.3, 0.4) is 0 Å². The third-order valence-electron chi connectivity index (χ3n) is 2.03. The maximum atomic E-state index is 11.5. The minimum atomic E-state index is -0.579. The molecule has 2 rings (SSSR count). The van der Waals surface area contributed by atoms with Gasteiger partial charge in [0.2, 0.25) is 5.71 Å². The molecule has 0 aliphatic rings. The minimum absolute atomic E-state index is 0.109. The van der Waals surface area contributed by atoms with Gasteiger partial charge in [-0.25, -0.2) is 10.8 Å². The van der Waals surface area contributed by atoms with E-state index in [9.17, 15) is 9.59 Å². The van der Waals surface area contributed by atoms with Crippen LogP contribution in [-0.2, 0) is 0 Å². The first-order valence-electron chi connectivity index (χ1n) is 4.13. The Morgan fingerprint density at radius 1 is 1.67 bits per heavy atom. The zero-order valence-electron chi connectivity index (χ0n) is 7.83. The van der Waals surface area contributed by atoms with Crippen LogP contribution in [-0.4, -0.2) is 15.9 Å². The van der Waals surface area contributed by atoms with Gasteiger partial charge in [0.25, 0.3) is 11.5 Å². The molecule has 0 fully saturated rings. The summed E-state index contributed by atoms with van der Waals surface area (Å²) >= 11 is 0. The van der Waals surface area contributed by atoms with Crippen molar-refractivity contribution < 1.29 is 9.21 Å². The van der Waals surface area contributed by atoms with Gasteiger partial charge >= 0.3 is 0 Å². The van der Waals surface area contributed by atoms with Gasteiger partial charge in [-0.3, -0.25) is 15.0 Å². The second-order valence-electron chi connectivity index (χ2n) is 2.92. The number of H-pyrrole nitrogens is 1. The molecule has 7 nitrogen and oxygen atoms in total. The Bertz CT molecular complexity index is 583. The summed E-state index contributed by atoms with van der Waals surface area (Å²) in [6, 6.07) is 0. The van der Waals surface area contributed by atoms with Crippen LogP contribution >= 0.6 is 0 Å². The maximum Gasteiger partial charge on any atom is 0.269 e. The Kier molecular flexibility index (Phi) is 2.01. The van der Waals surface area contributed by atoms with Crippen molar-refractivity contribution in [3.05, 3.63) is 28.0 Å². The number of hydrogen-bond donors (Lipinski definition) is 3. The van der Waals surface area contributed by atoms with Crippen LogP contribution in [0.15, 0.2) is 15.5 Å². The molecule has 0 bridgehead atoms. The lowest BCUT2D eigenvalue weighted by Gasteiger charge is -1.95. The second-order valence-corrected chi connectivity index (χ2v) is 2.92. The number of aromatic amines is 1. The van der Waals surface area contributed by atoms with E-state index in [0.29, 0.717) is 5.76 Å². The molecular formula is C8H8N4O3. The number of nitrogen functional groups attached to an aromatic ring is 1. The van der Waals surface area contributed by atoms with E-state index in [0.717, 1.165) is 0 Å². The van der Waals surface area contributed by atoms with Crippen LogP contribution in [0.1, 0.15) is 16.1 Å². The number of furan rings is 1. The molecule has 0 aromatic carbocycles. The van der Waals surface area contributed by atoms with Crippen LogP contribution in [0.2, 0.25) is 0 Å². The van der Waals surface area contributed by atoms with Crippen molar-refractivity contribution in [2.45, 2.75) is 6.92 Å². The fourth-order valence-corrected chi connectivity index (χ4v) is 1.40. The lowest BCUT2D eigenvalue weighted by molar-refractivity contribution is 0.0953. The first-order valence-corrected chi connectivity index (χ1v) is 4.13. The van der Waals surface area contributed by atoms with Crippen LogP contribution in [0.5, 0.6) is 0 Å². The molecule has 2 aromatic heterocycles. The Balaban J connectivity index is 2.89. The predicted molar refractivity (Wildman–Crippen MR) is 51.0 cm³/mol. The number of rotatable bonds is 1. The fraction of sp³-hybridized carbons (Fsp3) is 0.125. The zero-order valence-corrected chi connectivity index (χ0v) is 7.83. The van der Waals surface area contributed by atoms with E-state index < -0.39 is 11.5 Å². The summed E-state index contributed by atoms with van der Waals surface area (Å²) in [5.41, 5.74) is 1.75. The summed E-state index contributed by atoms with van der Waals surface area (Å²) in [5.74, 6) is 4.72. The number of hydrazine groups is 1. The van der Waals surface area contributed by atoms with Crippen molar-refractivity contribution in [3.8, 4) is 0 Å². The summed E-state index contributed by atoms with van der Waals surface area (Å²) in [7, 11) is 0.